The minimum atomic E-state index is -0.109. The predicted octanol–water partition coefficient (Wildman–Crippen LogP) is 1.93. The number of amides is 1. The number of hydrogen-bond acceptors (Lipinski definition) is 2. The van der Waals surface area contributed by atoms with Crippen LogP contribution in [0.3, 0.4) is 0 Å². The minimum Gasteiger partial charge on any atom is -0.273 e. The second-order valence-electron chi connectivity index (χ2n) is 3.89. The van der Waals surface area contributed by atoms with Crippen LogP contribution < -0.4 is 5.48 Å². The van der Waals surface area contributed by atoms with Crippen molar-refractivity contribution in [2.45, 2.75) is 20.3 Å². The monoisotopic (exact) mass is 207 g/mol. The van der Waals surface area contributed by atoms with Gasteiger partial charge >= 0.3 is 0 Å². The SMILES string of the molecule is CC(C)CONC(=O)Cc1ccccc1. The number of rotatable bonds is 5. The third kappa shape index (κ3) is 5.18. The number of benzene rings is 1. The van der Waals surface area contributed by atoms with Crippen molar-refractivity contribution in [2.24, 2.45) is 5.92 Å². The van der Waals surface area contributed by atoms with Crippen LogP contribution in [0.25, 0.3) is 0 Å². The zero-order valence-electron chi connectivity index (χ0n) is 9.19. The largest absolute Gasteiger partial charge is 0.273 e. The van der Waals surface area contributed by atoms with Crippen LogP contribution in [0.1, 0.15) is 19.4 Å². The van der Waals surface area contributed by atoms with E-state index in [2.05, 4.69) is 5.48 Å². The topological polar surface area (TPSA) is 38.3 Å². The average Bonchev–Trinajstić information content (AvgIpc) is 2.18. The summed E-state index contributed by atoms with van der Waals surface area (Å²) in [6.45, 7) is 4.60. The first kappa shape index (κ1) is 11.7. The van der Waals surface area contributed by atoms with Crippen LogP contribution in [0.4, 0.5) is 0 Å². The van der Waals surface area contributed by atoms with E-state index in [0.29, 0.717) is 18.9 Å². The van der Waals surface area contributed by atoms with E-state index in [1.807, 2.05) is 44.2 Å². The molecule has 3 heteroatoms. The summed E-state index contributed by atoms with van der Waals surface area (Å²) in [6.07, 6.45) is 0.360. The molecule has 0 aromatic heterocycles. The molecule has 82 valence electrons. The van der Waals surface area contributed by atoms with E-state index in [1.165, 1.54) is 0 Å². The Labute approximate surface area is 90.4 Å². The Balaban J connectivity index is 2.25. The van der Waals surface area contributed by atoms with E-state index in [9.17, 15) is 4.79 Å². The molecule has 0 saturated carbocycles. The van der Waals surface area contributed by atoms with E-state index < -0.39 is 0 Å². The van der Waals surface area contributed by atoms with Crippen molar-refractivity contribution in [2.75, 3.05) is 6.61 Å². The number of hydroxylamine groups is 1. The lowest BCUT2D eigenvalue weighted by Crippen LogP contribution is -2.27. The lowest BCUT2D eigenvalue weighted by atomic mass is 10.1. The maximum atomic E-state index is 11.4. The molecule has 0 radical (unpaired) electrons. The highest BCUT2D eigenvalue weighted by Crippen LogP contribution is 1.99. The molecule has 0 aliphatic heterocycles. The standard InChI is InChI=1S/C12H17NO2/c1-10(2)9-15-13-12(14)8-11-6-4-3-5-7-11/h3-7,10H,8-9H2,1-2H3,(H,13,14). The lowest BCUT2D eigenvalue weighted by Gasteiger charge is -2.07. The fourth-order valence-corrected chi connectivity index (χ4v) is 1.11. The molecule has 1 rings (SSSR count). The van der Waals surface area contributed by atoms with Gasteiger partial charge in [-0.05, 0) is 11.5 Å². The second kappa shape index (κ2) is 6.19. The summed E-state index contributed by atoms with van der Waals surface area (Å²) in [4.78, 5) is 16.4. The molecule has 0 aliphatic carbocycles. The van der Waals surface area contributed by atoms with Crippen LogP contribution in [-0.2, 0) is 16.1 Å². The summed E-state index contributed by atoms with van der Waals surface area (Å²) in [5, 5.41) is 0. The number of hydrogen-bond donors (Lipinski definition) is 1. The summed E-state index contributed by atoms with van der Waals surface area (Å²) < 4.78 is 0. The zero-order chi connectivity index (χ0) is 11.1. The first-order valence-electron chi connectivity index (χ1n) is 5.13. The van der Waals surface area contributed by atoms with E-state index in [1.54, 1.807) is 0 Å². The van der Waals surface area contributed by atoms with Gasteiger partial charge in [0.2, 0.25) is 5.91 Å². The Morgan fingerprint density at radius 3 is 2.60 bits per heavy atom. The molecule has 1 N–H and O–H groups in total. The highest BCUT2D eigenvalue weighted by Gasteiger charge is 2.02. The lowest BCUT2D eigenvalue weighted by molar-refractivity contribution is -0.133. The van der Waals surface area contributed by atoms with Gasteiger partial charge in [0, 0.05) is 0 Å². The van der Waals surface area contributed by atoms with Crippen LogP contribution in [0.15, 0.2) is 30.3 Å². The smallest absolute Gasteiger partial charge is 0.247 e. The molecule has 15 heavy (non-hydrogen) atoms. The summed E-state index contributed by atoms with van der Waals surface area (Å²) in [5.41, 5.74) is 3.41. The van der Waals surface area contributed by atoms with Crippen LogP contribution in [-0.4, -0.2) is 12.5 Å². The van der Waals surface area contributed by atoms with Crippen LogP contribution in [0.2, 0.25) is 0 Å². The summed E-state index contributed by atoms with van der Waals surface area (Å²) >= 11 is 0. The minimum absolute atomic E-state index is 0.109. The number of nitrogens with one attached hydrogen (secondary N) is 1. The van der Waals surface area contributed by atoms with Crippen LogP contribution in [0, 0.1) is 5.92 Å². The maximum absolute atomic E-state index is 11.4. The van der Waals surface area contributed by atoms with Gasteiger partial charge in [0.15, 0.2) is 0 Å². The third-order valence-electron chi connectivity index (χ3n) is 1.81. The maximum Gasteiger partial charge on any atom is 0.247 e. The normalized spacial score (nSPS) is 10.3. The Hall–Kier alpha value is -1.35. The molecule has 0 fully saturated rings. The van der Waals surface area contributed by atoms with Gasteiger partial charge < -0.3 is 0 Å². The molecule has 0 atom stereocenters. The summed E-state index contributed by atoms with van der Waals surface area (Å²) in [5.74, 6) is 0.309. The van der Waals surface area contributed by atoms with Crippen molar-refractivity contribution in [1.82, 2.24) is 5.48 Å². The fraction of sp³-hybridized carbons (Fsp3) is 0.417. The molecule has 1 aromatic rings. The number of carbonyl (C=O) groups is 1. The Bertz CT molecular complexity index is 296. The van der Waals surface area contributed by atoms with E-state index in [-0.39, 0.29) is 5.91 Å². The van der Waals surface area contributed by atoms with Crippen molar-refractivity contribution in [3.63, 3.8) is 0 Å². The molecule has 0 aliphatic rings. The molecule has 1 aromatic carbocycles. The first-order chi connectivity index (χ1) is 7.18. The predicted molar refractivity (Wildman–Crippen MR) is 59.1 cm³/mol. The zero-order valence-corrected chi connectivity index (χ0v) is 9.19. The van der Waals surface area contributed by atoms with Gasteiger partial charge in [0.1, 0.15) is 0 Å². The van der Waals surface area contributed by atoms with Gasteiger partial charge in [-0.25, -0.2) is 5.48 Å². The molecule has 0 unspecified atom stereocenters. The van der Waals surface area contributed by atoms with Crippen molar-refractivity contribution in [3.05, 3.63) is 35.9 Å². The summed E-state index contributed by atoms with van der Waals surface area (Å²) in [7, 11) is 0. The average molecular weight is 207 g/mol. The Kier molecular flexibility index (Phi) is 4.84. The van der Waals surface area contributed by atoms with Gasteiger partial charge in [0.25, 0.3) is 0 Å². The van der Waals surface area contributed by atoms with E-state index in [4.69, 9.17) is 4.84 Å². The number of carbonyl (C=O) groups excluding carboxylic acids is 1. The van der Waals surface area contributed by atoms with E-state index >= 15 is 0 Å². The van der Waals surface area contributed by atoms with Gasteiger partial charge in [-0.15, -0.1) is 0 Å². The Morgan fingerprint density at radius 1 is 1.33 bits per heavy atom. The van der Waals surface area contributed by atoms with Gasteiger partial charge in [-0.2, -0.15) is 0 Å². The molecular weight excluding hydrogens is 190 g/mol. The van der Waals surface area contributed by atoms with Gasteiger partial charge in [-0.3, -0.25) is 9.63 Å². The molecule has 0 spiro atoms. The molecular formula is C12H17NO2. The Morgan fingerprint density at radius 2 is 2.00 bits per heavy atom. The van der Waals surface area contributed by atoms with Gasteiger partial charge in [-0.1, -0.05) is 44.2 Å². The van der Waals surface area contributed by atoms with Crippen LogP contribution in [0.5, 0.6) is 0 Å². The van der Waals surface area contributed by atoms with E-state index in [0.717, 1.165) is 5.56 Å². The molecule has 0 saturated heterocycles. The quantitative estimate of drug-likeness (QED) is 0.749. The van der Waals surface area contributed by atoms with Crippen molar-refractivity contribution in [1.29, 1.82) is 0 Å². The highest BCUT2D eigenvalue weighted by atomic mass is 16.6. The van der Waals surface area contributed by atoms with Gasteiger partial charge in [0.05, 0.1) is 13.0 Å². The van der Waals surface area contributed by atoms with Crippen molar-refractivity contribution < 1.29 is 9.63 Å². The fourth-order valence-electron chi connectivity index (χ4n) is 1.11. The molecule has 3 nitrogen and oxygen atoms in total. The molecule has 1 amide bonds. The van der Waals surface area contributed by atoms with Crippen LogP contribution >= 0.6 is 0 Å². The second-order valence-corrected chi connectivity index (χ2v) is 3.89. The molecule has 0 bridgehead atoms. The van der Waals surface area contributed by atoms with Crippen molar-refractivity contribution in [3.8, 4) is 0 Å². The summed E-state index contributed by atoms with van der Waals surface area (Å²) in [6, 6.07) is 9.59. The third-order valence-corrected chi connectivity index (χ3v) is 1.81. The molecule has 0 heterocycles. The first-order valence-corrected chi connectivity index (χ1v) is 5.13. The highest BCUT2D eigenvalue weighted by molar-refractivity contribution is 5.77. The van der Waals surface area contributed by atoms with Crippen molar-refractivity contribution >= 4 is 5.91 Å².